The van der Waals surface area contributed by atoms with Crippen LogP contribution in [-0.4, -0.2) is 22.0 Å². The van der Waals surface area contributed by atoms with Crippen LogP contribution >= 0.6 is 27.3 Å². The lowest BCUT2D eigenvalue weighted by atomic mass is 10.2. The monoisotopic (exact) mass is 368 g/mol. The van der Waals surface area contributed by atoms with E-state index in [4.69, 9.17) is 0 Å². The lowest BCUT2D eigenvalue weighted by Crippen LogP contribution is -2.22. The van der Waals surface area contributed by atoms with Crippen LogP contribution < -0.4 is 10.6 Å². The van der Waals surface area contributed by atoms with E-state index in [0.29, 0.717) is 10.8 Å². The molecular formula is C14H17BrN4OS. The molecule has 21 heavy (non-hydrogen) atoms. The summed E-state index contributed by atoms with van der Waals surface area (Å²) in [5.41, 5.74) is 1.75. The van der Waals surface area contributed by atoms with Crippen molar-refractivity contribution in [2.45, 2.75) is 32.9 Å². The van der Waals surface area contributed by atoms with Crippen LogP contribution in [0.5, 0.6) is 0 Å². The van der Waals surface area contributed by atoms with Gasteiger partial charge in [-0.2, -0.15) is 0 Å². The summed E-state index contributed by atoms with van der Waals surface area (Å²) in [6.45, 7) is 5.90. The Morgan fingerprint density at radius 2 is 2.38 bits per heavy atom. The molecule has 2 aromatic rings. The maximum absolute atomic E-state index is 12.5. The molecular weight excluding hydrogens is 352 g/mol. The molecule has 0 bridgehead atoms. The molecule has 0 fully saturated rings. The highest BCUT2D eigenvalue weighted by atomic mass is 79.9. The molecule has 0 atom stereocenters. The highest BCUT2D eigenvalue weighted by molar-refractivity contribution is 9.10. The molecule has 0 aliphatic carbocycles. The third-order valence-electron chi connectivity index (χ3n) is 3.43. The Balaban J connectivity index is 1.81. The Labute approximate surface area is 135 Å². The van der Waals surface area contributed by atoms with Crippen LogP contribution in [0.25, 0.3) is 0 Å². The van der Waals surface area contributed by atoms with Gasteiger partial charge in [0, 0.05) is 41.1 Å². The molecule has 0 aromatic carbocycles. The van der Waals surface area contributed by atoms with Crippen molar-refractivity contribution in [1.82, 2.24) is 14.9 Å². The molecule has 0 saturated carbocycles. The van der Waals surface area contributed by atoms with Crippen molar-refractivity contribution in [3.63, 3.8) is 0 Å². The summed E-state index contributed by atoms with van der Waals surface area (Å²) in [5.74, 6) is -0.117. The van der Waals surface area contributed by atoms with Crippen molar-refractivity contribution in [3.05, 3.63) is 33.0 Å². The van der Waals surface area contributed by atoms with E-state index in [0.717, 1.165) is 29.7 Å². The lowest BCUT2D eigenvalue weighted by molar-refractivity contribution is 0.101. The van der Waals surface area contributed by atoms with E-state index >= 15 is 0 Å². The molecule has 0 unspecified atom stereocenters. The number of nitrogens with zero attached hydrogens (tertiary/aromatic N) is 2. The fourth-order valence-electron chi connectivity index (χ4n) is 2.39. The van der Waals surface area contributed by atoms with Gasteiger partial charge in [0.1, 0.15) is 5.69 Å². The number of fused-ring (bicyclic) bond motifs is 1. The minimum Gasteiger partial charge on any atom is -0.340 e. The third kappa shape index (κ3) is 3.04. The number of hydrogen-bond donors (Lipinski definition) is 2. The first-order valence-corrected chi connectivity index (χ1v) is 8.53. The summed E-state index contributed by atoms with van der Waals surface area (Å²) in [4.78, 5) is 18.2. The standard InChI is InChI=1S/C14H17BrN4OS/c1-8(2)19-7-9(15)5-11(19)13(20)18-14-17-10-3-4-16-6-12(10)21-14/h5,7-8,16H,3-4,6H2,1-2H3,(H,17,18,20). The molecule has 2 aromatic heterocycles. The second kappa shape index (κ2) is 5.90. The van der Waals surface area contributed by atoms with E-state index in [2.05, 4.69) is 45.4 Å². The average Bonchev–Trinajstić information content (AvgIpc) is 3.01. The molecule has 0 saturated heterocycles. The number of amides is 1. The van der Waals surface area contributed by atoms with Crippen LogP contribution in [0.4, 0.5) is 5.13 Å². The number of thiazole rings is 1. The van der Waals surface area contributed by atoms with Crippen molar-refractivity contribution >= 4 is 38.3 Å². The van der Waals surface area contributed by atoms with Crippen molar-refractivity contribution in [2.24, 2.45) is 0 Å². The molecule has 0 spiro atoms. The number of anilines is 1. The van der Waals surface area contributed by atoms with Gasteiger partial charge in [0.2, 0.25) is 0 Å². The third-order valence-corrected chi connectivity index (χ3v) is 4.87. The summed E-state index contributed by atoms with van der Waals surface area (Å²) >= 11 is 4.98. The predicted octanol–water partition coefficient (Wildman–Crippen LogP) is 3.19. The Morgan fingerprint density at radius 1 is 1.57 bits per heavy atom. The van der Waals surface area contributed by atoms with Crippen LogP contribution in [0, 0.1) is 0 Å². The molecule has 3 rings (SSSR count). The minimum absolute atomic E-state index is 0.117. The maximum atomic E-state index is 12.5. The Hall–Kier alpha value is -1.18. The first-order valence-electron chi connectivity index (χ1n) is 6.92. The first kappa shape index (κ1) is 14.7. The van der Waals surface area contributed by atoms with Gasteiger partial charge in [-0.05, 0) is 35.8 Å². The van der Waals surface area contributed by atoms with Gasteiger partial charge >= 0.3 is 0 Å². The highest BCUT2D eigenvalue weighted by Crippen LogP contribution is 2.26. The smallest absolute Gasteiger partial charge is 0.274 e. The van der Waals surface area contributed by atoms with Gasteiger partial charge in [0.15, 0.2) is 5.13 Å². The quantitative estimate of drug-likeness (QED) is 0.874. The number of rotatable bonds is 3. The van der Waals surface area contributed by atoms with E-state index in [1.165, 1.54) is 4.88 Å². The van der Waals surface area contributed by atoms with Crippen LogP contribution in [-0.2, 0) is 13.0 Å². The van der Waals surface area contributed by atoms with Crippen LogP contribution in [0.2, 0.25) is 0 Å². The van der Waals surface area contributed by atoms with E-state index < -0.39 is 0 Å². The molecule has 2 N–H and O–H groups in total. The van der Waals surface area contributed by atoms with Gasteiger partial charge in [-0.1, -0.05) is 0 Å². The average molecular weight is 369 g/mol. The van der Waals surface area contributed by atoms with E-state index in [-0.39, 0.29) is 11.9 Å². The summed E-state index contributed by atoms with van der Waals surface area (Å²) in [6, 6.07) is 2.07. The van der Waals surface area contributed by atoms with Gasteiger partial charge in [-0.25, -0.2) is 4.98 Å². The maximum Gasteiger partial charge on any atom is 0.274 e. The van der Waals surface area contributed by atoms with Gasteiger partial charge in [-0.15, -0.1) is 11.3 Å². The van der Waals surface area contributed by atoms with Crippen molar-refractivity contribution in [2.75, 3.05) is 11.9 Å². The minimum atomic E-state index is -0.117. The highest BCUT2D eigenvalue weighted by Gasteiger charge is 2.19. The predicted molar refractivity (Wildman–Crippen MR) is 88.0 cm³/mol. The fourth-order valence-corrected chi connectivity index (χ4v) is 3.81. The largest absolute Gasteiger partial charge is 0.340 e. The van der Waals surface area contributed by atoms with Crippen molar-refractivity contribution in [1.29, 1.82) is 0 Å². The van der Waals surface area contributed by atoms with Gasteiger partial charge in [0.05, 0.1) is 5.69 Å². The Kier molecular flexibility index (Phi) is 4.14. The molecule has 0 radical (unpaired) electrons. The first-order chi connectivity index (χ1) is 10.0. The van der Waals surface area contributed by atoms with Crippen LogP contribution in [0.15, 0.2) is 16.7 Å². The lowest BCUT2D eigenvalue weighted by Gasteiger charge is -2.11. The number of nitrogens with one attached hydrogen (secondary N) is 2. The molecule has 1 aliphatic rings. The molecule has 5 nitrogen and oxygen atoms in total. The molecule has 1 aliphatic heterocycles. The number of halogens is 1. The fraction of sp³-hybridized carbons (Fsp3) is 0.429. The molecule has 7 heteroatoms. The SMILES string of the molecule is CC(C)n1cc(Br)cc1C(=O)Nc1nc2c(s1)CNCC2. The van der Waals surface area contributed by atoms with E-state index in [1.807, 2.05) is 16.8 Å². The zero-order chi connectivity index (χ0) is 15.0. The van der Waals surface area contributed by atoms with Crippen molar-refractivity contribution < 1.29 is 4.79 Å². The second-order valence-corrected chi connectivity index (χ2v) is 7.31. The summed E-state index contributed by atoms with van der Waals surface area (Å²) in [7, 11) is 0. The zero-order valence-electron chi connectivity index (χ0n) is 11.9. The normalized spacial score (nSPS) is 14.3. The van der Waals surface area contributed by atoms with E-state index in [1.54, 1.807) is 11.3 Å². The Morgan fingerprint density at radius 3 is 3.10 bits per heavy atom. The Bertz CT molecular complexity index is 653. The molecule has 112 valence electrons. The number of aromatic nitrogens is 2. The molecule has 1 amide bonds. The van der Waals surface area contributed by atoms with Gasteiger partial charge in [-0.3, -0.25) is 10.1 Å². The number of carbonyl (C=O) groups excluding carboxylic acids is 1. The van der Waals surface area contributed by atoms with E-state index in [9.17, 15) is 4.79 Å². The van der Waals surface area contributed by atoms with Gasteiger partial charge in [0.25, 0.3) is 5.91 Å². The summed E-state index contributed by atoms with van der Waals surface area (Å²) < 4.78 is 2.86. The van der Waals surface area contributed by atoms with Crippen LogP contribution in [0.3, 0.4) is 0 Å². The number of carbonyl (C=O) groups is 1. The summed E-state index contributed by atoms with van der Waals surface area (Å²) in [6.07, 6.45) is 2.85. The second-order valence-electron chi connectivity index (χ2n) is 5.31. The van der Waals surface area contributed by atoms with Crippen molar-refractivity contribution in [3.8, 4) is 0 Å². The van der Waals surface area contributed by atoms with Gasteiger partial charge < -0.3 is 9.88 Å². The summed E-state index contributed by atoms with van der Waals surface area (Å²) in [5, 5.41) is 6.92. The number of hydrogen-bond acceptors (Lipinski definition) is 4. The van der Waals surface area contributed by atoms with Crippen LogP contribution in [0.1, 0.15) is 40.9 Å². The topological polar surface area (TPSA) is 59.0 Å². The zero-order valence-corrected chi connectivity index (χ0v) is 14.3. The molecule has 3 heterocycles.